The van der Waals surface area contributed by atoms with Gasteiger partial charge in [0.05, 0.1) is 0 Å². The maximum Gasteiger partial charge on any atom is 0.0177 e. The highest BCUT2D eigenvalue weighted by Crippen LogP contribution is 1.77. The average molecular weight is 121 g/mol. The molecule has 0 aliphatic heterocycles. The van der Waals surface area contributed by atoms with Crippen LogP contribution in [0.25, 0.3) is 0 Å². The van der Waals surface area contributed by atoms with Crippen LogP contribution in [0.5, 0.6) is 0 Å². The van der Waals surface area contributed by atoms with E-state index in [2.05, 4.69) is 0 Å². The predicted octanol–water partition coefficient (Wildman–Crippen LogP) is 2.32. The normalized spacial score (nSPS) is 12.1. The summed E-state index contributed by atoms with van der Waals surface area (Å²) in [5.41, 5.74) is 0. The number of hydrogen-bond donors (Lipinski definition) is 1. The standard InChI is InChI=1S/C8H11N/c1-2-3-4-5-6-7-8-9/h2-9H,1H3/b3-2-,5-4-,7-6+,9-8?. The molecule has 0 amide bonds. The van der Waals surface area contributed by atoms with Crippen molar-refractivity contribution in [3.05, 3.63) is 36.5 Å². The monoisotopic (exact) mass is 121 g/mol. The highest BCUT2D eigenvalue weighted by molar-refractivity contribution is 5.68. The lowest BCUT2D eigenvalue weighted by atomic mass is 10.4. The Balaban J connectivity index is 3.46. The van der Waals surface area contributed by atoms with Crippen LogP contribution in [0.2, 0.25) is 0 Å². The first-order valence-electron chi connectivity index (χ1n) is 2.87. The van der Waals surface area contributed by atoms with E-state index in [9.17, 15) is 0 Å². The van der Waals surface area contributed by atoms with Gasteiger partial charge in [0.2, 0.25) is 0 Å². The second kappa shape index (κ2) is 6.89. The molecule has 0 aromatic rings. The van der Waals surface area contributed by atoms with Crippen molar-refractivity contribution in [1.82, 2.24) is 0 Å². The maximum absolute atomic E-state index is 6.62. The van der Waals surface area contributed by atoms with E-state index >= 15 is 0 Å². The highest BCUT2D eigenvalue weighted by atomic mass is 14.3. The minimum absolute atomic E-state index is 1.25. The third-order valence-corrected chi connectivity index (χ3v) is 0.733. The molecule has 48 valence electrons. The van der Waals surface area contributed by atoms with Crippen LogP contribution < -0.4 is 0 Å². The molecular formula is C8H11N. The fourth-order valence-electron chi connectivity index (χ4n) is 0.359. The summed E-state index contributed by atoms with van der Waals surface area (Å²) in [5.74, 6) is 0. The molecule has 0 saturated carbocycles. The summed E-state index contributed by atoms with van der Waals surface area (Å²) in [5, 5.41) is 6.62. The van der Waals surface area contributed by atoms with Crippen LogP contribution in [0.1, 0.15) is 6.92 Å². The van der Waals surface area contributed by atoms with Gasteiger partial charge in [-0.2, -0.15) is 0 Å². The van der Waals surface area contributed by atoms with Gasteiger partial charge >= 0.3 is 0 Å². The number of rotatable bonds is 3. The molecule has 0 atom stereocenters. The molecular weight excluding hydrogens is 110 g/mol. The Morgan fingerprint density at radius 1 is 0.889 bits per heavy atom. The van der Waals surface area contributed by atoms with Gasteiger partial charge in [0.15, 0.2) is 0 Å². The highest BCUT2D eigenvalue weighted by Gasteiger charge is 1.57. The van der Waals surface area contributed by atoms with Crippen molar-refractivity contribution in [3.8, 4) is 0 Å². The van der Waals surface area contributed by atoms with Crippen molar-refractivity contribution < 1.29 is 0 Å². The molecule has 0 bridgehead atoms. The van der Waals surface area contributed by atoms with Crippen LogP contribution >= 0.6 is 0 Å². The van der Waals surface area contributed by atoms with E-state index in [-0.39, 0.29) is 0 Å². The SMILES string of the molecule is C\C=C/C=C\C=C\C=N. The fraction of sp³-hybridized carbons (Fsp3) is 0.125. The van der Waals surface area contributed by atoms with Gasteiger partial charge in [-0.1, -0.05) is 30.4 Å². The third-order valence-electron chi connectivity index (χ3n) is 0.733. The molecule has 0 aromatic carbocycles. The summed E-state index contributed by atoms with van der Waals surface area (Å²) in [6.07, 6.45) is 12.4. The van der Waals surface area contributed by atoms with Crippen molar-refractivity contribution in [2.45, 2.75) is 6.92 Å². The number of allylic oxidation sites excluding steroid dienone is 6. The Hall–Kier alpha value is -1.11. The summed E-state index contributed by atoms with van der Waals surface area (Å²) >= 11 is 0. The van der Waals surface area contributed by atoms with E-state index in [1.807, 2.05) is 37.3 Å². The van der Waals surface area contributed by atoms with Gasteiger partial charge in [-0.25, -0.2) is 0 Å². The smallest absolute Gasteiger partial charge is 0.0177 e. The minimum atomic E-state index is 1.25. The lowest BCUT2D eigenvalue weighted by molar-refractivity contribution is 1.58. The van der Waals surface area contributed by atoms with Crippen LogP contribution in [-0.4, -0.2) is 6.21 Å². The molecule has 0 heterocycles. The van der Waals surface area contributed by atoms with Gasteiger partial charge in [-0.05, 0) is 13.0 Å². The first kappa shape index (κ1) is 7.89. The first-order chi connectivity index (χ1) is 4.41. The van der Waals surface area contributed by atoms with Crippen LogP contribution in [0.15, 0.2) is 36.5 Å². The van der Waals surface area contributed by atoms with Crippen molar-refractivity contribution >= 4 is 6.21 Å². The molecule has 0 saturated heterocycles. The molecule has 0 rings (SSSR count). The van der Waals surface area contributed by atoms with Crippen molar-refractivity contribution in [2.24, 2.45) is 0 Å². The lowest BCUT2D eigenvalue weighted by Crippen LogP contribution is -1.53. The zero-order chi connectivity index (χ0) is 6.95. The van der Waals surface area contributed by atoms with Crippen molar-refractivity contribution in [2.75, 3.05) is 0 Å². The molecule has 0 unspecified atom stereocenters. The molecule has 1 nitrogen and oxygen atoms in total. The van der Waals surface area contributed by atoms with Gasteiger partial charge in [-0.15, -0.1) is 0 Å². The van der Waals surface area contributed by atoms with Gasteiger partial charge in [-0.3, -0.25) is 0 Å². The predicted molar refractivity (Wildman–Crippen MR) is 41.9 cm³/mol. The molecule has 0 spiro atoms. The fourth-order valence-corrected chi connectivity index (χ4v) is 0.359. The Labute approximate surface area is 55.9 Å². The summed E-state index contributed by atoms with van der Waals surface area (Å²) in [6.45, 7) is 1.96. The molecule has 1 N–H and O–H groups in total. The van der Waals surface area contributed by atoms with E-state index in [0.29, 0.717) is 0 Å². The summed E-state index contributed by atoms with van der Waals surface area (Å²) < 4.78 is 0. The average Bonchev–Trinajstić information content (AvgIpc) is 1.89. The first-order valence-corrected chi connectivity index (χ1v) is 2.87. The van der Waals surface area contributed by atoms with E-state index in [0.717, 1.165) is 0 Å². The zero-order valence-electron chi connectivity index (χ0n) is 5.54. The third kappa shape index (κ3) is 6.89. The topological polar surface area (TPSA) is 23.9 Å². The summed E-state index contributed by atoms with van der Waals surface area (Å²) in [6, 6.07) is 0. The van der Waals surface area contributed by atoms with Gasteiger partial charge in [0.1, 0.15) is 0 Å². The Morgan fingerprint density at radius 3 is 2.00 bits per heavy atom. The molecule has 0 radical (unpaired) electrons. The van der Waals surface area contributed by atoms with Crippen LogP contribution in [0, 0.1) is 5.41 Å². The zero-order valence-corrected chi connectivity index (χ0v) is 5.54. The maximum atomic E-state index is 6.62. The quantitative estimate of drug-likeness (QED) is 0.437. The van der Waals surface area contributed by atoms with Crippen molar-refractivity contribution in [3.63, 3.8) is 0 Å². The molecule has 0 aliphatic carbocycles. The summed E-state index contributed by atoms with van der Waals surface area (Å²) in [7, 11) is 0. The number of nitrogens with one attached hydrogen (secondary N) is 1. The molecule has 9 heavy (non-hydrogen) atoms. The lowest BCUT2D eigenvalue weighted by Gasteiger charge is -1.69. The minimum Gasteiger partial charge on any atom is -0.309 e. The summed E-state index contributed by atoms with van der Waals surface area (Å²) in [4.78, 5) is 0. The second-order valence-corrected chi connectivity index (χ2v) is 1.46. The largest absolute Gasteiger partial charge is 0.309 e. The van der Waals surface area contributed by atoms with Crippen LogP contribution in [-0.2, 0) is 0 Å². The Bertz CT molecular complexity index is 141. The van der Waals surface area contributed by atoms with E-state index in [4.69, 9.17) is 5.41 Å². The van der Waals surface area contributed by atoms with E-state index in [1.165, 1.54) is 6.21 Å². The molecule has 0 aliphatic rings. The Morgan fingerprint density at radius 2 is 1.44 bits per heavy atom. The molecule has 1 heteroatoms. The van der Waals surface area contributed by atoms with Gasteiger partial charge in [0, 0.05) is 6.21 Å². The van der Waals surface area contributed by atoms with Gasteiger partial charge in [0.25, 0.3) is 0 Å². The molecule has 0 aromatic heterocycles. The van der Waals surface area contributed by atoms with E-state index in [1.54, 1.807) is 6.08 Å². The van der Waals surface area contributed by atoms with Crippen molar-refractivity contribution in [1.29, 1.82) is 5.41 Å². The van der Waals surface area contributed by atoms with E-state index < -0.39 is 0 Å². The van der Waals surface area contributed by atoms with Crippen LogP contribution in [0.3, 0.4) is 0 Å². The Kier molecular flexibility index (Phi) is 6.04. The second-order valence-electron chi connectivity index (χ2n) is 1.46. The number of hydrogen-bond acceptors (Lipinski definition) is 1. The van der Waals surface area contributed by atoms with Gasteiger partial charge < -0.3 is 5.41 Å². The van der Waals surface area contributed by atoms with Crippen LogP contribution in [0.4, 0.5) is 0 Å². The molecule has 0 fully saturated rings.